The third-order valence-corrected chi connectivity index (χ3v) is 3.32. The van der Waals surface area contributed by atoms with Gasteiger partial charge in [-0.3, -0.25) is 0 Å². The van der Waals surface area contributed by atoms with Crippen molar-refractivity contribution < 1.29 is 4.52 Å². The molecule has 0 unspecified atom stereocenters. The lowest BCUT2D eigenvalue weighted by molar-refractivity contribution is 0.392. The van der Waals surface area contributed by atoms with Crippen LogP contribution in [0.2, 0.25) is 0 Å². The Bertz CT molecular complexity index is 517. The number of anilines is 2. The number of rotatable bonds is 3. The van der Waals surface area contributed by atoms with Crippen LogP contribution in [0.1, 0.15) is 17.0 Å². The summed E-state index contributed by atoms with van der Waals surface area (Å²) in [5.74, 6) is 0.846. The smallest absolute Gasteiger partial charge is 0.138 e. The van der Waals surface area contributed by atoms with Crippen LogP contribution in [0.25, 0.3) is 0 Å². The molecule has 0 aliphatic carbocycles. The molecule has 0 atom stereocenters. The fourth-order valence-corrected chi connectivity index (χ4v) is 2.15. The van der Waals surface area contributed by atoms with Gasteiger partial charge in [-0.2, -0.15) is 0 Å². The number of aromatic nitrogens is 1. The highest BCUT2D eigenvalue weighted by Crippen LogP contribution is 2.22. The minimum atomic E-state index is 0.673. The van der Waals surface area contributed by atoms with Crippen LogP contribution in [0.15, 0.2) is 22.7 Å². The van der Waals surface area contributed by atoms with E-state index in [9.17, 15) is 0 Å². The highest BCUT2D eigenvalue weighted by atomic mass is 127. The molecule has 0 spiro atoms. The molecular weight excluding hydrogens is 329 g/mol. The van der Waals surface area contributed by atoms with Crippen molar-refractivity contribution in [1.82, 2.24) is 5.16 Å². The predicted octanol–water partition coefficient (Wildman–Crippen LogP) is 3.09. The first-order valence-corrected chi connectivity index (χ1v) is 6.36. The van der Waals surface area contributed by atoms with E-state index in [2.05, 4.69) is 33.1 Å². The number of benzene rings is 1. The van der Waals surface area contributed by atoms with E-state index < -0.39 is 0 Å². The van der Waals surface area contributed by atoms with Crippen molar-refractivity contribution in [1.29, 1.82) is 0 Å². The number of hydrogen-bond donors (Lipinski definition) is 2. The highest BCUT2D eigenvalue weighted by molar-refractivity contribution is 14.1. The number of nitrogens with two attached hydrogens (primary N) is 1. The Labute approximate surface area is 114 Å². The number of hydrogen-bond acceptors (Lipinski definition) is 4. The Hall–Kier alpha value is -1.24. The first-order valence-electron chi connectivity index (χ1n) is 5.28. The lowest BCUT2D eigenvalue weighted by Crippen LogP contribution is -2.04. The van der Waals surface area contributed by atoms with E-state index in [1.807, 2.05) is 32.0 Å². The van der Waals surface area contributed by atoms with Gasteiger partial charge in [-0.15, -0.1) is 0 Å². The molecule has 0 fully saturated rings. The standard InChI is InChI=1S/C12H14IN3O/c1-7-10(8(2)17-16-7)6-15-12-4-3-9(13)5-11(12)14/h3-5,15H,6,14H2,1-2H3. The lowest BCUT2D eigenvalue weighted by atomic mass is 10.2. The van der Waals surface area contributed by atoms with E-state index in [1.54, 1.807) is 0 Å². The van der Waals surface area contributed by atoms with Gasteiger partial charge in [0.05, 0.1) is 17.1 Å². The summed E-state index contributed by atoms with van der Waals surface area (Å²) in [7, 11) is 0. The molecule has 0 radical (unpaired) electrons. The third kappa shape index (κ3) is 2.71. The molecule has 0 saturated carbocycles. The number of nitrogen functional groups attached to an aromatic ring is 1. The molecule has 0 aliphatic rings. The number of nitrogens with zero attached hydrogens (tertiary/aromatic N) is 1. The highest BCUT2D eigenvalue weighted by Gasteiger charge is 2.09. The molecule has 17 heavy (non-hydrogen) atoms. The van der Waals surface area contributed by atoms with E-state index in [4.69, 9.17) is 10.3 Å². The zero-order chi connectivity index (χ0) is 12.4. The molecule has 2 rings (SSSR count). The van der Waals surface area contributed by atoms with Crippen LogP contribution in [0, 0.1) is 17.4 Å². The molecule has 3 N–H and O–H groups in total. The maximum Gasteiger partial charge on any atom is 0.138 e. The van der Waals surface area contributed by atoms with Crippen molar-refractivity contribution in [3.8, 4) is 0 Å². The molecule has 2 aromatic rings. The second-order valence-corrected chi connectivity index (χ2v) is 5.13. The Morgan fingerprint density at radius 2 is 2.18 bits per heavy atom. The monoisotopic (exact) mass is 343 g/mol. The minimum Gasteiger partial charge on any atom is -0.397 e. The topological polar surface area (TPSA) is 64.1 Å². The van der Waals surface area contributed by atoms with Crippen LogP contribution < -0.4 is 11.1 Å². The number of halogens is 1. The molecule has 90 valence electrons. The first kappa shape index (κ1) is 12.2. The van der Waals surface area contributed by atoms with Crippen molar-refractivity contribution in [2.24, 2.45) is 0 Å². The van der Waals surface area contributed by atoms with Gasteiger partial charge in [-0.25, -0.2) is 0 Å². The SMILES string of the molecule is Cc1noc(C)c1CNc1ccc(I)cc1N. The molecule has 1 aromatic carbocycles. The van der Waals surface area contributed by atoms with Crippen LogP contribution in [0.3, 0.4) is 0 Å². The van der Waals surface area contributed by atoms with Crippen molar-refractivity contribution in [2.75, 3.05) is 11.1 Å². The van der Waals surface area contributed by atoms with Gasteiger partial charge >= 0.3 is 0 Å². The van der Waals surface area contributed by atoms with Gasteiger partial charge in [0.1, 0.15) is 5.76 Å². The second kappa shape index (κ2) is 4.95. The third-order valence-electron chi connectivity index (χ3n) is 2.65. The summed E-state index contributed by atoms with van der Waals surface area (Å²) in [5.41, 5.74) is 9.62. The van der Waals surface area contributed by atoms with E-state index in [0.717, 1.165) is 32.0 Å². The van der Waals surface area contributed by atoms with E-state index in [-0.39, 0.29) is 0 Å². The second-order valence-electron chi connectivity index (χ2n) is 3.89. The maximum absolute atomic E-state index is 5.93. The summed E-state index contributed by atoms with van der Waals surface area (Å²) in [4.78, 5) is 0. The molecule has 0 saturated heterocycles. The van der Waals surface area contributed by atoms with Gasteiger partial charge in [0.25, 0.3) is 0 Å². The van der Waals surface area contributed by atoms with E-state index >= 15 is 0 Å². The summed E-state index contributed by atoms with van der Waals surface area (Å²) in [6, 6.07) is 5.94. The molecule has 0 amide bonds. The predicted molar refractivity (Wildman–Crippen MR) is 76.9 cm³/mol. The summed E-state index contributed by atoms with van der Waals surface area (Å²) >= 11 is 2.24. The number of aryl methyl sites for hydroxylation is 2. The zero-order valence-corrected chi connectivity index (χ0v) is 11.9. The molecule has 5 heteroatoms. The van der Waals surface area contributed by atoms with E-state index in [0.29, 0.717) is 6.54 Å². The quantitative estimate of drug-likeness (QED) is 0.664. The van der Waals surface area contributed by atoms with E-state index in [1.165, 1.54) is 0 Å². The normalized spacial score (nSPS) is 10.5. The summed E-state index contributed by atoms with van der Waals surface area (Å²) < 4.78 is 6.24. The molecular formula is C12H14IN3O. The van der Waals surface area contributed by atoms with Gasteiger partial charge < -0.3 is 15.6 Å². The Morgan fingerprint density at radius 3 is 2.76 bits per heavy atom. The largest absolute Gasteiger partial charge is 0.397 e. The fourth-order valence-electron chi connectivity index (χ4n) is 1.63. The number of nitrogens with one attached hydrogen (secondary N) is 1. The Balaban J connectivity index is 2.13. The Kier molecular flexibility index (Phi) is 3.56. The Morgan fingerprint density at radius 1 is 1.41 bits per heavy atom. The van der Waals surface area contributed by atoms with Crippen molar-refractivity contribution >= 4 is 34.0 Å². The summed E-state index contributed by atoms with van der Waals surface area (Å²) in [6.07, 6.45) is 0. The van der Waals surface area contributed by atoms with Crippen LogP contribution in [-0.4, -0.2) is 5.16 Å². The molecule has 0 bridgehead atoms. The van der Waals surface area contributed by atoms with Crippen molar-refractivity contribution in [2.45, 2.75) is 20.4 Å². The first-order chi connectivity index (χ1) is 8.08. The molecule has 0 aliphatic heterocycles. The van der Waals surface area contributed by atoms with Crippen molar-refractivity contribution in [3.63, 3.8) is 0 Å². The van der Waals surface area contributed by atoms with Crippen LogP contribution in [0.4, 0.5) is 11.4 Å². The summed E-state index contributed by atoms with van der Waals surface area (Å²) in [6.45, 7) is 4.52. The van der Waals surface area contributed by atoms with Crippen LogP contribution in [-0.2, 0) is 6.54 Å². The van der Waals surface area contributed by atoms with Gasteiger partial charge in [-0.1, -0.05) is 5.16 Å². The van der Waals surface area contributed by atoms with Gasteiger partial charge in [0.2, 0.25) is 0 Å². The van der Waals surface area contributed by atoms with Crippen LogP contribution in [0.5, 0.6) is 0 Å². The fraction of sp³-hybridized carbons (Fsp3) is 0.250. The van der Waals surface area contributed by atoms with Crippen LogP contribution >= 0.6 is 22.6 Å². The molecule has 4 nitrogen and oxygen atoms in total. The molecule has 1 heterocycles. The minimum absolute atomic E-state index is 0.673. The summed E-state index contributed by atoms with van der Waals surface area (Å²) in [5, 5.41) is 7.21. The van der Waals surface area contributed by atoms with Gasteiger partial charge in [0, 0.05) is 15.7 Å². The molecule has 1 aromatic heterocycles. The zero-order valence-electron chi connectivity index (χ0n) is 9.75. The average Bonchev–Trinajstić information content (AvgIpc) is 2.58. The maximum atomic E-state index is 5.93. The average molecular weight is 343 g/mol. The van der Waals surface area contributed by atoms with Gasteiger partial charge in [0.15, 0.2) is 0 Å². The lowest BCUT2D eigenvalue weighted by Gasteiger charge is -2.09. The van der Waals surface area contributed by atoms with Crippen molar-refractivity contribution in [3.05, 3.63) is 38.8 Å². The van der Waals surface area contributed by atoms with Gasteiger partial charge in [-0.05, 0) is 54.6 Å².